The highest BCUT2D eigenvalue weighted by atomic mass is 16.5. The summed E-state index contributed by atoms with van der Waals surface area (Å²) in [7, 11) is 1.21. The van der Waals surface area contributed by atoms with E-state index >= 15 is 0 Å². The molecule has 6 atom stereocenters. The van der Waals surface area contributed by atoms with E-state index in [1.165, 1.54) is 7.11 Å². The van der Waals surface area contributed by atoms with E-state index in [-0.39, 0.29) is 13.0 Å². The van der Waals surface area contributed by atoms with Gasteiger partial charge in [0, 0.05) is 6.54 Å². The molecule has 33 heavy (non-hydrogen) atoms. The quantitative estimate of drug-likeness (QED) is 0.0711. The minimum absolute atomic E-state index is 0.0262. The second-order valence-electron chi connectivity index (χ2n) is 7.47. The van der Waals surface area contributed by atoms with Gasteiger partial charge in [-0.05, 0) is 45.1 Å². The molecule has 11 N–H and O–H groups in total. The van der Waals surface area contributed by atoms with E-state index in [9.17, 15) is 34.5 Å². The molecule has 0 radical (unpaired) electrons. The maximum absolute atomic E-state index is 12.2. The molecule has 0 heterocycles. The molecule has 0 spiro atoms. The molecule has 0 saturated carbocycles. The summed E-state index contributed by atoms with van der Waals surface area (Å²) >= 11 is 0. The van der Waals surface area contributed by atoms with Crippen LogP contribution >= 0.6 is 0 Å². The zero-order chi connectivity index (χ0) is 25.6. The molecule has 1 unspecified atom stereocenters. The lowest BCUT2D eigenvalue weighted by molar-refractivity contribution is -0.166. The van der Waals surface area contributed by atoms with Gasteiger partial charge < -0.3 is 52.4 Å². The van der Waals surface area contributed by atoms with Gasteiger partial charge in [-0.25, -0.2) is 9.59 Å². The van der Waals surface area contributed by atoms with Crippen LogP contribution in [0.2, 0.25) is 0 Å². The Hall–Kier alpha value is -2.36. The van der Waals surface area contributed by atoms with Crippen molar-refractivity contribution in [3.8, 4) is 0 Å². The number of aliphatic carboxylic acids is 1. The number of amides is 2. The zero-order valence-corrected chi connectivity index (χ0v) is 18.6. The first kappa shape index (κ1) is 30.6. The molecule has 14 heteroatoms. The van der Waals surface area contributed by atoms with Crippen molar-refractivity contribution < 1.29 is 49.4 Å². The monoisotopic (exact) mass is 480 g/mol. The van der Waals surface area contributed by atoms with Crippen molar-refractivity contribution in [1.29, 1.82) is 0 Å². The van der Waals surface area contributed by atoms with Crippen molar-refractivity contribution in [3.05, 3.63) is 0 Å². The minimum Gasteiger partial charge on any atom is -0.479 e. The highest BCUT2D eigenvalue weighted by molar-refractivity contribution is 5.87. The predicted molar refractivity (Wildman–Crippen MR) is 113 cm³/mol. The molecule has 0 aliphatic carbocycles. The highest BCUT2D eigenvalue weighted by Gasteiger charge is 2.37. The molecule has 0 aromatic heterocycles. The molecular weight excluding hydrogens is 444 g/mol. The molecule has 0 saturated heterocycles. The first-order valence-electron chi connectivity index (χ1n) is 10.5. The van der Waals surface area contributed by atoms with Gasteiger partial charge in [-0.2, -0.15) is 0 Å². The number of nitrogens with one attached hydrogen (secondary N) is 2. The van der Waals surface area contributed by atoms with Crippen LogP contribution in [0.1, 0.15) is 38.5 Å². The van der Waals surface area contributed by atoms with E-state index in [0.717, 1.165) is 0 Å². The van der Waals surface area contributed by atoms with Crippen molar-refractivity contribution >= 4 is 23.8 Å². The van der Waals surface area contributed by atoms with Crippen molar-refractivity contribution in [2.75, 3.05) is 20.2 Å². The second kappa shape index (κ2) is 16.3. The fourth-order valence-corrected chi connectivity index (χ4v) is 2.77. The maximum atomic E-state index is 12.2. The van der Waals surface area contributed by atoms with Crippen LogP contribution in [-0.2, 0) is 23.9 Å². The molecule has 2 amide bonds. The molecule has 0 fully saturated rings. The number of aliphatic hydroxyl groups is 4. The molecule has 0 aliphatic heterocycles. The van der Waals surface area contributed by atoms with Gasteiger partial charge in [-0.15, -0.1) is 0 Å². The van der Waals surface area contributed by atoms with Gasteiger partial charge in [0.15, 0.2) is 12.2 Å². The van der Waals surface area contributed by atoms with E-state index in [1.807, 2.05) is 0 Å². The molecule has 0 rings (SSSR count). The van der Waals surface area contributed by atoms with Crippen molar-refractivity contribution in [2.45, 2.75) is 75.0 Å². The molecule has 0 aliphatic rings. The summed E-state index contributed by atoms with van der Waals surface area (Å²) in [5.74, 6) is -4.04. The molecule has 14 nitrogen and oxygen atoms in total. The first-order chi connectivity index (χ1) is 15.5. The van der Waals surface area contributed by atoms with Gasteiger partial charge in [0.1, 0.15) is 18.2 Å². The number of hydrogen-bond donors (Lipinski definition) is 9. The van der Waals surface area contributed by atoms with Gasteiger partial charge in [0.05, 0.1) is 13.2 Å². The largest absolute Gasteiger partial charge is 0.479 e. The number of carboxylic acid groups (broad SMARTS) is 1. The summed E-state index contributed by atoms with van der Waals surface area (Å²) in [5.41, 5.74) is 11.3. The lowest BCUT2D eigenvalue weighted by atomic mass is 10.0. The van der Waals surface area contributed by atoms with Crippen molar-refractivity contribution in [1.82, 2.24) is 10.6 Å². The molecule has 0 aromatic carbocycles. The van der Waals surface area contributed by atoms with Gasteiger partial charge in [0.25, 0.3) is 5.91 Å². The second-order valence-corrected chi connectivity index (χ2v) is 7.47. The number of aliphatic hydroxyl groups excluding tert-OH is 4. The number of hydrogen-bond acceptors (Lipinski definition) is 11. The summed E-state index contributed by atoms with van der Waals surface area (Å²) < 4.78 is 4.67. The average Bonchev–Trinajstić information content (AvgIpc) is 2.80. The normalized spacial score (nSPS) is 16.6. The number of carbonyl (C=O) groups excluding carboxylic acids is 3. The summed E-state index contributed by atoms with van der Waals surface area (Å²) in [6, 6.07) is -1.75. The van der Waals surface area contributed by atoms with Gasteiger partial charge >= 0.3 is 11.9 Å². The number of unbranched alkanes of at least 4 members (excludes halogenated alkanes) is 2. The summed E-state index contributed by atoms with van der Waals surface area (Å²) in [5, 5.41) is 51.3. The lowest BCUT2D eigenvalue weighted by Gasteiger charge is -2.24. The summed E-state index contributed by atoms with van der Waals surface area (Å²) in [6.45, 7) is 0.483. The van der Waals surface area contributed by atoms with Crippen LogP contribution in [0.4, 0.5) is 0 Å². The SMILES string of the molecule is COC(=O)C(CCCCN)NC(=O)[C@@H](N)CCCCNC(=O)[C@@H](O)[C@H](O)[C@H](O)[C@@H](O)C(=O)O. The first-order valence-corrected chi connectivity index (χ1v) is 10.5. The van der Waals surface area contributed by atoms with E-state index in [4.69, 9.17) is 21.7 Å². The van der Waals surface area contributed by atoms with Crippen LogP contribution in [0.15, 0.2) is 0 Å². The Morgan fingerprint density at radius 3 is 2.00 bits per heavy atom. The fourth-order valence-electron chi connectivity index (χ4n) is 2.77. The van der Waals surface area contributed by atoms with Gasteiger partial charge in [0.2, 0.25) is 5.91 Å². The van der Waals surface area contributed by atoms with Crippen molar-refractivity contribution in [3.63, 3.8) is 0 Å². The van der Waals surface area contributed by atoms with E-state index < -0.39 is 60.3 Å². The third-order valence-corrected chi connectivity index (χ3v) is 4.85. The number of esters is 1. The number of methoxy groups -OCH3 is 1. The highest BCUT2D eigenvalue weighted by Crippen LogP contribution is 2.07. The van der Waals surface area contributed by atoms with Crippen LogP contribution in [0.25, 0.3) is 0 Å². The Balaban J connectivity index is 4.36. The van der Waals surface area contributed by atoms with E-state index in [0.29, 0.717) is 38.6 Å². The molecule has 0 aromatic rings. The predicted octanol–water partition coefficient (Wildman–Crippen LogP) is -4.08. The Labute approximate surface area is 191 Å². The third-order valence-electron chi connectivity index (χ3n) is 4.85. The third kappa shape index (κ3) is 11.4. The Bertz CT molecular complexity index is 636. The standard InChI is InChI=1S/C19H36N4O10/c1-33-19(32)11(7-2-4-8-20)23-16(28)10(21)6-3-5-9-22-17(29)14(26)12(24)13(25)15(27)18(30)31/h10-15,24-27H,2-9,20-21H2,1H3,(H,22,29)(H,23,28)(H,30,31)/t10-,11?,12+,13-,14-,15+/m0/s1. The van der Waals surface area contributed by atoms with Crippen LogP contribution in [0, 0.1) is 0 Å². The number of rotatable bonds is 17. The van der Waals surface area contributed by atoms with Crippen LogP contribution < -0.4 is 22.1 Å². The van der Waals surface area contributed by atoms with Crippen LogP contribution in [-0.4, -0.2) is 106 Å². The van der Waals surface area contributed by atoms with Crippen LogP contribution in [0.5, 0.6) is 0 Å². The Morgan fingerprint density at radius 2 is 1.45 bits per heavy atom. The topological polar surface area (TPSA) is 255 Å². The van der Waals surface area contributed by atoms with Gasteiger partial charge in [-0.1, -0.05) is 0 Å². The maximum Gasteiger partial charge on any atom is 0.335 e. The number of nitrogens with two attached hydrogens (primary N) is 2. The Kier molecular flexibility index (Phi) is 15.1. The van der Waals surface area contributed by atoms with Crippen LogP contribution in [0.3, 0.4) is 0 Å². The molecule has 192 valence electrons. The Morgan fingerprint density at radius 1 is 0.879 bits per heavy atom. The zero-order valence-electron chi connectivity index (χ0n) is 18.6. The lowest BCUT2D eigenvalue weighted by Crippen LogP contribution is -2.52. The van der Waals surface area contributed by atoms with Crippen molar-refractivity contribution in [2.24, 2.45) is 11.5 Å². The average molecular weight is 481 g/mol. The molecular formula is C19H36N4O10. The minimum atomic E-state index is -2.38. The summed E-state index contributed by atoms with van der Waals surface area (Å²) in [4.78, 5) is 46.4. The smallest absolute Gasteiger partial charge is 0.335 e. The van der Waals surface area contributed by atoms with E-state index in [2.05, 4.69) is 15.4 Å². The van der Waals surface area contributed by atoms with Gasteiger partial charge in [-0.3, -0.25) is 9.59 Å². The number of ether oxygens (including phenoxy) is 1. The van der Waals surface area contributed by atoms with E-state index in [1.54, 1.807) is 0 Å². The molecule has 0 bridgehead atoms. The summed E-state index contributed by atoms with van der Waals surface area (Å²) in [6.07, 6.45) is -6.41. The fraction of sp³-hybridized carbons (Fsp3) is 0.789. The number of carbonyl (C=O) groups is 4. The number of carboxylic acids is 1.